The first-order valence-corrected chi connectivity index (χ1v) is 3.59. The molecule has 0 saturated heterocycles. The Balaban J connectivity index is 2.99. The van der Waals surface area contributed by atoms with E-state index in [1.807, 2.05) is 6.92 Å². The van der Waals surface area contributed by atoms with Crippen molar-refractivity contribution < 1.29 is 14.3 Å². The highest BCUT2D eigenvalue weighted by atomic mass is 16.4. The zero-order chi connectivity index (χ0) is 9.14. The van der Waals surface area contributed by atoms with Crippen LogP contribution < -0.4 is 5.32 Å². The molecule has 0 radical (unpaired) electrons. The number of carboxylic acid groups (broad SMARTS) is 1. The third kappa shape index (κ3) is 1.55. The normalized spacial score (nSPS) is 9.83. The Hall–Kier alpha value is -1.52. The molecule has 0 unspecified atom stereocenters. The summed E-state index contributed by atoms with van der Waals surface area (Å²) in [7, 11) is 0. The van der Waals surface area contributed by atoms with E-state index in [9.17, 15) is 4.79 Å². The van der Waals surface area contributed by atoms with Crippen LogP contribution in [-0.4, -0.2) is 22.6 Å². The lowest BCUT2D eigenvalue weighted by molar-refractivity contribution is 0.0691. The molecule has 0 aliphatic heterocycles. The van der Waals surface area contributed by atoms with Crippen LogP contribution >= 0.6 is 0 Å². The number of hydrogen-bond acceptors (Lipinski definition) is 4. The molecule has 0 aliphatic rings. The van der Waals surface area contributed by atoms with Gasteiger partial charge in [-0.05, 0) is 6.92 Å². The molecule has 5 nitrogen and oxygen atoms in total. The second-order valence-electron chi connectivity index (χ2n) is 2.25. The van der Waals surface area contributed by atoms with Gasteiger partial charge in [-0.15, -0.1) is 0 Å². The number of oxazole rings is 1. The average molecular weight is 170 g/mol. The summed E-state index contributed by atoms with van der Waals surface area (Å²) in [6.07, 6.45) is 0. The molecular weight excluding hydrogens is 160 g/mol. The van der Waals surface area contributed by atoms with Crippen molar-refractivity contribution in [3.8, 4) is 0 Å². The number of nitrogens with zero attached hydrogens (tertiary/aromatic N) is 1. The lowest BCUT2D eigenvalue weighted by Gasteiger charge is -1.96. The van der Waals surface area contributed by atoms with Gasteiger partial charge in [-0.1, -0.05) is 0 Å². The maximum absolute atomic E-state index is 10.5. The molecule has 2 N–H and O–H groups in total. The fourth-order valence-corrected chi connectivity index (χ4v) is 0.852. The van der Waals surface area contributed by atoms with Crippen molar-refractivity contribution in [2.75, 3.05) is 11.9 Å². The van der Waals surface area contributed by atoms with Crippen molar-refractivity contribution in [1.29, 1.82) is 0 Å². The topological polar surface area (TPSA) is 75.4 Å². The third-order valence-corrected chi connectivity index (χ3v) is 1.27. The van der Waals surface area contributed by atoms with Crippen LogP contribution in [0.2, 0.25) is 0 Å². The quantitative estimate of drug-likeness (QED) is 0.710. The lowest BCUT2D eigenvalue weighted by Crippen LogP contribution is -2.04. The smallest absolute Gasteiger partial charge is 0.360 e. The van der Waals surface area contributed by atoms with Crippen LogP contribution in [0.15, 0.2) is 4.42 Å². The molecule has 0 bridgehead atoms. The van der Waals surface area contributed by atoms with Crippen molar-refractivity contribution in [2.24, 2.45) is 0 Å². The highest BCUT2D eigenvalue weighted by Gasteiger charge is 2.16. The number of hydrogen-bond donors (Lipinski definition) is 2. The van der Waals surface area contributed by atoms with Crippen molar-refractivity contribution in [3.63, 3.8) is 0 Å². The number of aromatic nitrogens is 1. The Morgan fingerprint density at radius 2 is 2.42 bits per heavy atom. The molecule has 0 fully saturated rings. The zero-order valence-corrected chi connectivity index (χ0v) is 6.92. The summed E-state index contributed by atoms with van der Waals surface area (Å²) in [5, 5.41) is 11.4. The van der Waals surface area contributed by atoms with Gasteiger partial charge >= 0.3 is 5.97 Å². The molecule has 66 valence electrons. The number of aryl methyl sites for hydroxylation is 1. The van der Waals surface area contributed by atoms with Crippen molar-refractivity contribution in [2.45, 2.75) is 13.8 Å². The molecule has 0 spiro atoms. The van der Waals surface area contributed by atoms with Gasteiger partial charge in [0.2, 0.25) is 11.6 Å². The third-order valence-electron chi connectivity index (χ3n) is 1.27. The van der Waals surface area contributed by atoms with Gasteiger partial charge in [-0.3, -0.25) is 0 Å². The first-order valence-electron chi connectivity index (χ1n) is 3.59. The van der Waals surface area contributed by atoms with Crippen molar-refractivity contribution in [1.82, 2.24) is 4.98 Å². The molecule has 1 aromatic rings. The first kappa shape index (κ1) is 8.58. The molecule has 0 aliphatic carbocycles. The zero-order valence-electron chi connectivity index (χ0n) is 6.92. The van der Waals surface area contributed by atoms with Gasteiger partial charge in [0.1, 0.15) is 0 Å². The van der Waals surface area contributed by atoms with E-state index in [1.54, 1.807) is 6.92 Å². The maximum atomic E-state index is 10.5. The summed E-state index contributed by atoms with van der Waals surface area (Å²) in [6.45, 7) is 4.06. The van der Waals surface area contributed by atoms with Crippen molar-refractivity contribution >= 4 is 11.9 Å². The molecule has 0 atom stereocenters. The molecule has 12 heavy (non-hydrogen) atoms. The van der Waals surface area contributed by atoms with Gasteiger partial charge in [0.05, 0.1) is 0 Å². The van der Waals surface area contributed by atoms with Crippen LogP contribution in [-0.2, 0) is 0 Å². The largest absolute Gasteiger partial charge is 0.476 e. The van der Waals surface area contributed by atoms with E-state index in [-0.39, 0.29) is 11.6 Å². The predicted octanol–water partition coefficient (Wildman–Crippen LogP) is 1.11. The number of anilines is 1. The second-order valence-corrected chi connectivity index (χ2v) is 2.25. The molecule has 0 aromatic carbocycles. The maximum Gasteiger partial charge on any atom is 0.360 e. The van der Waals surface area contributed by atoms with Crippen LogP contribution in [0.5, 0.6) is 0 Å². The molecule has 1 heterocycles. The van der Waals surface area contributed by atoms with E-state index in [0.717, 1.165) is 0 Å². The van der Waals surface area contributed by atoms with E-state index in [1.165, 1.54) is 0 Å². The van der Waals surface area contributed by atoms with Crippen LogP contribution in [0.25, 0.3) is 0 Å². The number of carbonyl (C=O) groups is 1. The fourth-order valence-electron chi connectivity index (χ4n) is 0.852. The van der Waals surface area contributed by atoms with Gasteiger partial charge in [0, 0.05) is 13.5 Å². The van der Waals surface area contributed by atoms with Crippen molar-refractivity contribution in [3.05, 3.63) is 11.6 Å². The molecule has 0 amide bonds. The molecule has 1 rings (SSSR count). The van der Waals surface area contributed by atoms with Gasteiger partial charge < -0.3 is 14.8 Å². The summed E-state index contributed by atoms with van der Waals surface area (Å²) < 4.78 is 5.01. The van der Waals surface area contributed by atoms with E-state index in [0.29, 0.717) is 12.4 Å². The minimum atomic E-state index is -1.08. The van der Waals surface area contributed by atoms with E-state index in [2.05, 4.69) is 10.3 Å². The number of nitrogens with one attached hydrogen (secondary N) is 1. The summed E-state index contributed by atoms with van der Waals surface area (Å²) in [5.41, 5.74) is -0.0608. The number of aromatic carboxylic acids is 1. The summed E-state index contributed by atoms with van der Waals surface area (Å²) in [5.74, 6) is -0.506. The molecule has 5 heteroatoms. The second kappa shape index (κ2) is 3.25. The van der Waals surface area contributed by atoms with Crippen LogP contribution in [0.3, 0.4) is 0 Å². The Morgan fingerprint density at radius 3 is 2.92 bits per heavy atom. The Kier molecular flexibility index (Phi) is 2.32. The Bertz CT molecular complexity index is 293. The highest BCUT2D eigenvalue weighted by molar-refractivity contribution is 5.90. The van der Waals surface area contributed by atoms with Gasteiger partial charge in [-0.25, -0.2) is 9.78 Å². The molecule has 1 aromatic heterocycles. The monoisotopic (exact) mass is 170 g/mol. The van der Waals surface area contributed by atoms with E-state index in [4.69, 9.17) is 9.52 Å². The van der Waals surface area contributed by atoms with Crippen LogP contribution in [0.1, 0.15) is 23.3 Å². The molecule has 0 saturated carbocycles. The summed E-state index contributed by atoms with van der Waals surface area (Å²) in [6, 6.07) is 0. The standard InChI is InChI=1S/C7H10N2O3/c1-3-8-6-5(7(10)11)9-4(2)12-6/h8H,3H2,1-2H3,(H,10,11). The van der Waals surface area contributed by atoms with Crippen LogP contribution in [0.4, 0.5) is 5.88 Å². The molecular formula is C7H10N2O3. The van der Waals surface area contributed by atoms with Crippen LogP contribution in [0, 0.1) is 6.92 Å². The fraction of sp³-hybridized carbons (Fsp3) is 0.429. The summed E-state index contributed by atoms with van der Waals surface area (Å²) >= 11 is 0. The predicted molar refractivity (Wildman–Crippen MR) is 42.4 cm³/mol. The Morgan fingerprint density at radius 1 is 1.75 bits per heavy atom. The van der Waals surface area contributed by atoms with E-state index < -0.39 is 5.97 Å². The SMILES string of the molecule is CCNc1oc(C)nc1C(=O)O. The summed E-state index contributed by atoms with van der Waals surface area (Å²) in [4.78, 5) is 14.2. The highest BCUT2D eigenvalue weighted by Crippen LogP contribution is 2.15. The first-order chi connectivity index (χ1) is 5.65. The van der Waals surface area contributed by atoms with Gasteiger partial charge in [-0.2, -0.15) is 0 Å². The minimum Gasteiger partial charge on any atom is -0.476 e. The average Bonchev–Trinajstić information content (AvgIpc) is 2.32. The minimum absolute atomic E-state index is 0.0608. The van der Waals surface area contributed by atoms with Gasteiger partial charge in [0.15, 0.2) is 5.89 Å². The Labute approximate surface area is 69.4 Å². The van der Waals surface area contributed by atoms with E-state index >= 15 is 0 Å². The number of carboxylic acids is 1. The lowest BCUT2D eigenvalue weighted by atomic mass is 10.4. The van der Waals surface area contributed by atoms with Gasteiger partial charge in [0.25, 0.3) is 0 Å². The number of rotatable bonds is 3.